The van der Waals surface area contributed by atoms with Gasteiger partial charge in [-0.15, -0.1) is 0 Å². The number of methoxy groups -OCH3 is 2. The third-order valence-electron chi connectivity index (χ3n) is 7.64. The van der Waals surface area contributed by atoms with E-state index in [4.69, 9.17) is 9.47 Å². The lowest BCUT2D eigenvalue weighted by Gasteiger charge is -2.34. The van der Waals surface area contributed by atoms with Gasteiger partial charge >= 0.3 is 0 Å². The van der Waals surface area contributed by atoms with Gasteiger partial charge in [-0.3, -0.25) is 13.9 Å². The number of sulfonamides is 1. The van der Waals surface area contributed by atoms with Crippen molar-refractivity contribution in [2.45, 2.75) is 44.7 Å². The smallest absolute Gasteiger partial charge is 0.264 e. The number of carbonyl (C=O) groups is 2. The van der Waals surface area contributed by atoms with E-state index in [9.17, 15) is 18.0 Å². The van der Waals surface area contributed by atoms with Crippen LogP contribution in [0, 0.1) is 13.8 Å². The van der Waals surface area contributed by atoms with Crippen molar-refractivity contribution < 1.29 is 27.5 Å². The van der Waals surface area contributed by atoms with Crippen molar-refractivity contribution in [1.29, 1.82) is 0 Å². The predicted octanol–water partition coefficient (Wildman–Crippen LogP) is 5.29. The summed E-state index contributed by atoms with van der Waals surface area (Å²) in [7, 11) is -1.40. The van der Waals surface area contributed by atoms with Crippen molar-refractivity contribution in [3.63, 3.8) is 0 Å². The van der Waals surface area contributed by atoms with E-state index in [1.807, 2.05) is 75.4 Å². The van der Waals surface area contributed by atoms with Crippen LogP contribution in [-0.2, 0) is 32.6 Å². The number of hydrogen-bond acceptors (Lipinski definition) is 6. The van der Waals surface area contributed by atoms with E-state index in [2.05, 4.69) is 5.32 Å². The number of benzene rings is 4. The molecule has 0 saturated heterocycles. The number of ether oxygens (including phenoxy) is 2. The van der Waals surface area contributed by atoms with Crippen molar-refractivity contribution >= 4 is 27.5 Å². The Hall–Kier alpha value is -4.83. The molecule has 0 fully saturated rings. The number of anilines is 1. The molecule has 0 aliphatic rings. The van der Waals surface area contributed by atoms with E-state index in [-0.39, 0.29) is 35.2 Å². The average molecular weight is 644 g/mol. The maximum Gasteiger partial charge on any atom is 0.264 e. The van der Waals surface area contributed by atoms with Gasteiger partial charge in [0.2, 0.25) is 11.8 Å². The van der Waals surface area contributed by atoms with Crippen LogP contribution in [0.4, 0.5) is 5.69 Å². The maximum atomic E-state index is 14.6. The molecule has 9 nitrogen and oxygen atoms in total. The Labute approximate surface area is 271 Å². The van der Waals surface area contributed by atoms with Gasteiger partial charge in [0.15, 0.2) is 0 Å². The zero-order chi connectivity index (χ0) is 33.3. The molecular formula is C36H41N3O6S. The highest BCUT2D eigenvalue weighted by molar-refractivity contribution is 7.92. The Balaban J connectivity index is 1.85. The fourth-order valence-corrected chi connectivity index (χ4v) is 6.50. The molecule has 0 aliphatic carbocycles. The molecule has 0 radical (unpaired) electrons. The fourth-order valence-electron chi connectivity index (χ4n) is 5.08. The van der Waals surface area contributed by atoms with Crippen LogP contribution >= 0.6 is 0 Å². The van der Waals surface area contributed by atoms with Gasteiger partial charge in [-0.2, -0.15) is 0 Å². The molecule has 4 aromatic rings. The molecular weight excluding hydrogens is 602 g/mol. The number of aryl methyl sites for hydroxylation is 2. The zero-order valence-electron chi connectivity index (χ0n) is 26.9. The van der Waals surface area contributed by atoms with E-state index in [1.54, 1.807) is 24.3 Å². The number of carbonyl (C=O) groups excluding carboxylic acids is 2. The summed E-state index contributed by atoms with van der Waals surface area (Å²) in [5, 5.41) is 2.87. The Morgan fingerprint density at radius 2 is 1.43 bits per heavy atom. The highest BCUT2D eigenvalue weighted by Gasteiger charge is 2.35. The molecule has 1 atom stereocenters. The summed E-state index contributed by atoms with van der Waals surface area (Å²) in [6, 6.07) is 27.4. The van der Waals surface area contributed by atoms with Crippen LogP contribution in [0.15, 0.2) is 102 Å². The van der Waals surface area contributed by atoms with Gasteiger partial charge in [0.1, 0.15) is 24.1 Å². The van der Waals surface area contributed by atoms with Crippen molar-refractivity contribution in [1.82, 2.24) is 10.2 Å². The van der Waals surface area contributed by atoms with E-state index in [0.717, 1.165) is 26.6 Å². The summed E-state index contributed by atoms with van der Waals surface area (Å²) >= 11 is 0. The second-order valence-electron chi connectivity index (χ2n) is 11.0. The summed E-state index contributed by atoms with van der Waals surface area (Å²) in [6.45, 7) is 5.49. The molecule has 242 valence electrons. The molecule has 0 unspecified atom stereocenters. The quantitative estimate of drug-likeness (QED) is 0.200. The summed E-state index contributed by atoms with van der Waals surface area (Å²) in [5.74, 6) is -0.279. The lowest BCUT2D eigenvalue weighted by atomic mass is 10.0. The molecule has 0 saturated carbocycles. The number of nitrogens with one attached hydrogen (secondary N) is 1. The monoisotopic (exact) mass is 643 g/mol. The Bertz CT molecular complexity index is 1730. The van der Waals surface area contributed by atoms with Gasteiger partial charge in [0.05, 0.1) is 24.8 Å². The number of nitrogens with zero attached hydrogens (tertiary/aromatic N) is 2. The highest BCUT2D eigenvalue weighted by Crippen LogP contribution is 2.36. The Morgan fingerprint density at radius 3 is 2.02 bits per heavy atom. The Kier molecular flexibility index (Phi) is 11.4. The third kappa shape index (κ3) is 8.25. The lowest BCUT2D eigenvalue weighted by molar-refractivity contribution is -0.140. The van der Waals surface area contributed by atoms with Gasteiger partial charge in [-0.1, -0.05) is 77.9 Å². The van der Waals surface area contributed by atoms with E-state index >= 15 is 0 Å². The second kappa shape index (κ2) is 15.4. The van der Waals surface area contributed by atoms with Crippen LogP contribution in [-0.4, -0.2) is 58.5 Å². The second-order valence-corrected chi connectivity index (χ2v) is 12.8. The molecule has 46 heavy (non-hydrogen) atoms. The van der Waals surface area contributed by atoms with Crippen LogP contribution in [0.2, 0.25) is 0 Å². The molecule has 0 aliphatic heterocycles. The van der Waals surface area contributed by atoms with Crippen molar-refractivity contribution in [3.05, 3.63) is 119 Å². The van der Waals surface area contributed by atoms with Crippen LogP contribution in [0.25, 0.3) is 0 Å². The lowest BCUT2D eigenvalue weighted by Crippen LogP contribution is -2.53. The summed E-state index contributed by atoms with van der Waals surface area (Å²) in [5.41, 5.74) is 3.72. The van der Waals surface area contributed by atoms with Gasteiger partial charge in [0, 0.05) is 25.6 Å². The first-order valence-electron chi connectivity index (χ1n) is 15.1. The molecule has 4 rings (SSSR count). The molecule has 0 heterocycles. The molecule has 1 N–H and O–H groups in total. The Morgan fingerprint density at radius 1 is 0.804 bits per heavy atom. The first-order valence-corrected chi connectivity index (χ1v) is 16.5. The van der Waals surface area contributed by atoms with Crippen molar-refractivity contribution in [3.8, 4) is 11.5 Å². The number of likely N-dealkylation sites (N-methyl/N-ethyl adjacent to an activating group) is 1. The van der Waals surface area contributed by atoms with Crippen LogP contribution in [0.3, 0.4) is 0 Å². The summed E-state index contributed by atoms with van der Waals surface area (Å²) in [4.78, 5) is 29.7. The minimum Gasteiger partial charge on any atom is -0.497 e. The normalized spacial score (nSPS) is 11.8. The number of hydrogen-bond donors (Lipinski definition) is 1. The first kappa shape index (κ1) is 34.1. The molecule has 0 bridgehead atoms. The van der Waals surface area contributed by atoms with Gasteiger partial charge < -0.3 is 19.7 Å². The van der Waals surface area contributed by atoms with Crippen LogP contribution in [0.1, 0.15) is 29.2 Å². The topological polar surface area (TPSA) is 105 Å². The van der Waals surface area contributed by atoms with Gasteiger partial charge in [-0.05, 0) is 56.2 Å². The SMILES string of the molecule is CCNC(=O)[C@@H](Cc1ccccc1)N(Cc1ccc(C)cc1)C(=O)CN(c1cc(OC)ccc1OC)S(=O)(=O)c1ccc(C)cc1. The third-order valence-corrected chi connectivity index (χ3v) is 9.41. The summed E-state index contributed by atoms with van der Waals surface area (Å²) in [6.07, 6.45) is 0.234. The predicted molar refractivity (Wildman–Crippen MR) is 180 cm³/mol. The van der Waals surface area contributed by atoms with Crippen molar-refractivity contribution in [2.75, 3.05) is 31.6 Å². The molecule has 0 spiro atoms. The van der Waals surface area contributed by atoms with E-state index in [1.165, 1.54) is 37.3 Å². The molecule has 0 aromatic heterocycles. The van der Waals surface area contributed by atoms with Gasteiger partial charge in [-0.25, -0.2) is 8.42 Å². The number of rotatable bonds is 14. The van der Waals surface area contributed by atoms with Crippen LogP contribution < -0.4 is 19.1 Å². The van der Waals surface area contributed by atoms with Crippen LogP contribution in [0.5, 0.6) is 11.5 Å². The molecule has 10 heteroatoms. The van der Waals surface area contributed by atoms with Gasteiger partial charge in [0.25, 0.3) is 10.0 Å². The number of amides is 2. The zero-order valence-corrected chi connectivity index (χ0v) is 27.7. The first-order chi connectivity index (χ1) is 22.1. The minimum atomic E-state index is -4.30. The van der Waals surface area contributed by atoms with Crippen molar-refractivity contribution in [2.24, 2.45) is 0 Å². The maximum absolute atomic E-state index is 14.6. The van der Waals surface area contributed by atoms with E-state index < -0.39 is 28.5 Å². The minimum absolute atomic E-state index is 0.00502. The largest absolute Gasteiger partial charge is 0.497 e. The standard InChI is InChI=1S/C36H41N3O6S/c1-6-37-36(41)33(22-28-10-8-7-9-11-28)38(24-29-16-12-26(2)13-17-29)35(40)25-39(32-23-30(44-4)18-21-34(32)45-5)46(42,43)31-19-14-27(3)15-20-31/h7-21,23,33H,6,22,24-25H2,1-5H3,(H,37,41)/t33-/m1/s1. The summed E-state index contributed by atoms with van der Waals surface area (Å²) < 4.78 is 40.7. The highest BCUT2D eigenvalue weighted by atomic mass is 32.2. The average Bonchev–Trinajstić information content (AvgIpc) is 3.06. The molecule has 2 amide bonds. The fraction of sp³-hybridized carbons (Fsp3) is 0.278. The molecule has 4 aromatic carbocycles. The van der Waals surface area contributed by atoms with E-state index in [0.29, 0.717) is 12.3 Å².